The summed E-state index contributed by atoms with van der Waals surface area (Å²) >= 11 is 0. The predicted molar refractivity (Wildman–Crippen MR) is 88.7 cm³/mol. The van der Waals surface area contributed by atoms with Gasteiger partial charge in [0.05, 0.1) is 28.2 Å². The normalized spacial score (nSPS) is 15.5. The van der Waals surface area contributed by atoms with E-state index in [4.69, 9.17) is 10.8 Å². The van der Waals surface area contributed by atoms with Gasteiger partial charge in [0, 0.05) is 6.54 Å². The Morgan fingerprint density at radius 2 is 1.30 bits per heavy atom. The third-order valence-electron chi connectivity index (χ3n) is 4.90. The van der Waals surface area contributed by atoms with Crippen LogP contribution in [0.4, 0.5) is 52.7 Å². The Hall–Kier alpha value is -2.19. The molecule has 0 aliphatic rings. The van der Waals surface area contributed by atoms with E-state index >= 15 is 0 Å². The van der Waals surface area contributed by atoms with Gasteiger partial charge >= 0.3 is 30.7 Å². The van der Waals surface area contributed by atoms with Gasteiger partial charge in [0.25, 0.3) is 0 Å². The number of halogens is 12. The van der Waals surface area contributed by atoms with Gasteiger partial charge in [-0.25, -0.2) is 0 Å². The number of hydrogen-bond acceptors (Lipinski definition) is 2. The maximum absolute atomic E-state index is 13.6. The van der Waals surface area contributed by atoms with Crippen LogP contribution in [0.2, 0.25) is 0 Å². The summed E-state index contributed by atoms with van der Waals surface area (Å²) in [5.41, 5.74) is -9.26. The van der Waals surface area contributed by atoms with Crippen LogP contribution in [0.1, 0.15) is 47.6 Å². The molecule has 2 atom stereocenters. The quantitative estimate of drug-likeness (QED) is 0.421. The topological polar surface area (TPSA) is 63.3 Å². The van der Waals surface area contributed by atoms with Crippen LogP contribution in [0.15, 0.2) is 6.07 Å². The second-order valence-corrected chi connectivity index (χ2v) is 7.18. The monoisotopic (exact) mass is 507 g/mol. The average molecular weight is 507 g/mol. The fraction of sp³-hybridized carbons (Fsp3) is 0.611. The van der Waals surface area contributed by atoms with Crippen molar-refractivity contribution in [1.82, 2.24) is 0 Å². The Kier molecular flexibility index (Phi) is 8.38. The molecule has 0 saturated heterocycles. The van der Waals surface area contributed by atoms with E-state index in [1.807, 2.05) is 0 Å². The van der Waals surface area contributed by atoms with Crippen molar-refractivity contribution >= 4 is 5.97 Å². The summed E-state index contributed by atoms with van der Waals surface area (Å²) < 4.78 is 161. The highest BCUT2D eigenvalue weighted by molar-refractivity contribution is 5.70. The molecule has 0 heterocycles. The highest BCUT2D eigenvalue weighted by Crippen LogP contribution is 2.52. The number of carboxylic acids is 1. The molecule has 0 bridgehead atoms. The van der Waals surface area contributed by atoms with Crippen molar-refractivity contribution in [2.24, 2.45) is 17.6 Å². The number of hydrogen-bond donors (Lipinski definition) is 2. The Bertz CT molecular complexity index is 852. The third-order valence-corrected chi connectivity index (χ3v) is 4.90. The summed E-state index contributed by atoms with van der Waals surface area (Å²) in [5.74, 6) is -4.12. The SMILES string of the molecule is CCC(Cc1cc(C(F)(F)F)c(C(F)(F)F)c(C(F)(F)F)c1C(F)(F)F)CC(CN)C(=O)O. The fourth-order valence-electron chi connectivity index (χ4n) is 3.43. The molecular formula is C18H17F12NO2. The zero-order chi connectivity index (χ0) is 26.2. The molecule has 3 nitrogen and oxygen atoms in total. The minimum absolute atomic E-state index is 0.204. The summed E-state index contributed by atoms with van der Waals surface area (Å²) in [6.07, 6.45) is -27.0. The number of carbonyl (C=O) groups is 1. The lowest BCUT2D eigenvalue weighted by atomic mass is 9.82. The van der Waals surface area contributed by atoms with E-state index < -0.39 is 95.8 Å². The molecule has 190 valence electrons. The minimum Gasteiger partial charge on any atom is -0.481 e. The average Bonchev–Trinajstić information content (AvgIpc) is 2.60. The molecule has 0 aliphatic heterocycles. The summed E-state index contributed by atoms with van der Waals surface area (Å²) in [6.45, 7) is 0.735. The molecule has 0 saturated carbocycles. The molecule has 0 amide bonds. The van der Waals surface area contributed by atoms with Crippen LogP contribution in [0, 0.1) is 11.8 Å². The molecule has 1 aromatic carbocycles. The molecule has 15 heteroatoms. The van der Waals surface area contributed by atoms with E-state index in [-0.39, 0.29) is 6.42 Å². The van der Waals surface area contributed by atoms with E-state index in [0.29, 0.717) is 0 Å². The highest BCUT2D eigenvalue weighted by atomic mass is 19.4. The van der Waals surface area contributed by atoms with Crippen LogP contribution in [0.3, 0.4) is 0 Å². The van der Waals surface area contributed by atoms with Crippen molar-refractivity contribution in [3.63, 3.8) is 0 Å². The second-order valence-electron chi connectivity index (χ2n) is 7.18. The zero-order valence-corrected chi connectivity index (χ0v) is 16.5. The Morgan fingerprint density at radius 3 is 1.61 bits per heavy atom. The molecule has 0 radical (unpaired) electrons. The van der Waals surface area contributed by atoms with E-state index in [1.54, 1.807) is 0 Å². The Balaban J connectivity index is 4.03. The molecule has 33 heavy (non-hydrogen) atoms. The molecular weight excluding hydrogens is 490 g/mol. The van der Waals surface area contributed by atoms with Crippen molar-refractivity contribution < 1.29 is 62.6 Å². The van der Waals surface area contributed by atoms with Gasteiger partial charge in [0.2, 0.25) is 0 Å². The van der Waals surface area contributed by atoms with Gasteiger partial charge in [0.15, 0.2) is 0 Å². The summed E-state index contributed by atoms with van der Waals surface area (Å²) in [4.78, 5) is 11.1. The smallest absolute Gasteiger partial charge is 0.417 e. The lowest BCUT2D eigenvalue weighted by molar-refractivity contribution is -0.182. The largest absolute Gasteiger partial charge is 0.481 e. The first-order valence-electron chi connectivity index (χ1n) is 9.07. The van der Waals surface area contributed by atoms with Crippen LogP contribution >= 0.6 is 0 Å². The van der Waals surface area contributed by atoms with Crippen molar-refractivity contribution in [3.8, 4) is 0 Å². The molecule has 0 spiro atoms. The van der Waals surface area contributed by atoms with Gasteiger partial charge in [-0.1, -0.05) is 13.3 Å². The first-order valence-corrected chi connectivity index (χ1v) is 9.07. The number of benzene rings is 1. The summed E-state index contributed by atoms with van der Waals surface area (Å²) in [6, 6.07) is -0.595. The minimum atomic E-state index is -6.45. The first kappa shape index (κ1) is 28.8. The molecule has 0 aromatic heterocycles. The number of aliphatic carboxylic acids is 1. The van der Waals surface area contributed by atoms with Crippen molar-refractivity contribution in [1.29, 1.82) is 0 Å². The van der Waals surface area contributed by atoms with Crippen molar-refractivity contribution in [3.05, 3.63) is 33.9 Å². The number of rotatable bonds is 7. The number of carboxylic acid groups (broad SMARTS) is 1. The van der Waals surface area contributed by atoms with Crippen molar-refractivity contribution in [2.75, 3.05) is 6.54 Å². The van der Waals surface area contributed by atoms with E-state index in [9.17, 15) is 57.5 Å². The standard InChI is InChI=1S/C18H17F12NO2/c1-2-7(4-9(6-31)14(32)33)3-8-5-10(15(19,20)21)12(17(25,26)27)13(18(28,29)30)11(8)16(22,23)24/h5,7,9H,2-4,6,31H2,1H3,(H,32,33). The zero-order valence-electron chi connectivity index (χ0n) is 16.5. The molecule has 1 rings (SSSR count). The Morgan fingerprint density at radius 1 is 0.848 bits per heavy atom. The Labute approximate surface area is 178 Å². The van der Waals surface area contributed by atoms with Gasteiger partial charge in [0.1, 0.15) is 0 Å². The van der Waals surface area contributed by atoms with Gasteiger partial charge in [-0.2, -0.15) is 52.7 Å². The lowest BCUT2D eigenvalue weighted by Gasteiger charge is -2.28. The van der Waals surface area contributed by atoms with Crippen LogP contribution in [0.5, 0.6) is 0 Å². The van der Waals surface area contributed by atoms with Crippen LogP contribution in [-0.4, -0.2) is 17.6 Å². The number of nitrogens with two attached hydrogens (primary N) is 1. The van der Waals surface area contributed by atoms with Gasteiger partial charge in [-0.15, -0.1) is 0 Å². The van der Waals surface area contributed by atoms with Crippen molar-refractivity contribution in [2.45, 2.75) is 50.9 Å². The van der Waals surface area contributed by atoms with Crippen LogP contribution in [0.25, 0.3) is 0 Å². The second kappa shape index (κ2) is 9.58. The van der Waals surface area contributed by atoms with Crippen LogP contribution in [-0.2, 0) is 35.9 Å². The summed E-state index contributed by atoms with van der Waals surface area (Å²) in [7, 11) is 0. The fourth-order valence-corrected chi connectivity index (χ4v) is 3.43. The molecule has 1 aromatic rings. The molecule has 3 N–H and O–H groups in total. The van der Waals surface area contributed by atoms with Crippen LogP contribution < -0.4 is 5.73 Å². The highest BCUT2D eigenvalue weighted by Gasteiger charge is 2.55. The predicted octanol–water partition coefficient (Wildman–Crippen LogP) is 6.38. The maximum atomic E-state index is 13.6. The van der Waals surface area contributed by atoms with Gasteiger partial charge < -0.3 is 10.8 Å². The van der Waals surface area contributed by atoms with Gasteiger partial charge in [-0.3, -0.25) is 4.79 Å². The maximum Gasteiger partial charge on any atom is 0.417 e. The number of alkyl halides is 12. The van der Waals surface area contributed by atoms with E-state index in [1.165, 1.54) is 6.92 Å². The summed E-state index contributed by atoms with van der Waals surface area (Å²) in [5, 5.41) is 9.01. The molecule has 0 aliphatic carbocycles. The van der Waals surface area contributed by atoms with E-state index in [0.717, 1.165) is 0 Å². The lowest BCUT2D eigenvalue weighted by Crippen LogP contribution is -2.30. The van der Waals surface area contributed by atoms with E-state index in [2.05, 4.69) is 0 Å². The molecule has 2 unspecified atom stereocenters. The first-order chi connectivity index (χ1) is 14.7. The molecule has 0 fully saturated rings. The van der Waals surface area contributed by atoms with Gasteiger partial charge in [-0.05, 0) is 30.4 Å². The third kappa shape index (κ3) is 6.90.